The van der Waals surface area contributed by atoms with E-state index in [1.165, 1.54) is 6.20 Å². The van der Waals surface area contributed by atoms with Crippen LogP contribution in [0, 0.1) is 0 Å². The summed E-state index contributed by atoms with van der Waals surface area (Å²) in [6.07, 6.45) is 4.03. The highest BCUT2D eigenvalue weighted by Gasteiger charge is 2.20. The third-order valence-corrected chi connectivity index (χ3v) is 2.98. The van der Waals surface area contributed by atoms with Gasteiger partial charge in [0.2, 0.25) is 5.95 Å². The molecule has 7 nitrogen and oxygen atoms in total. The second kappa shape index (κ2) is 4.77. The van der Waals surface area contributed by atoms with Crippen molar-refractivity contribution in [3.05, 3.63) is 35.9 Å². The number of aliphatic hydroxyl groups is 1. The summed E-state index contributed by atoms with van der Waals surface area (Å²) < 4.78 is 1.63. The highest BCUT2D eigenvalue weighted by molar-refractivity contribution is 6.03. The maximum Gasteiger partial charge on any atom is 0.259 e. The number of pyridine rings is 1. The fourth-order valence-corrected chi connectivity index (χ4v) is 2.02. The van der Waals surface area contributed by atoms with Crippen molar-refractivity contribution in [2.45, 2.75) is 25.5 Å². The van der Waals surface area contributed by atoms with E-state index in [-0.39, 0.29) is 11.9 Å². The Kier molecular flexibility index (Phi) is 2.96. The summed E-state index contributed by atoms with van der Waals surface area (Å²) in [5.41, 5.74) is 0.454. The van der Waals surface area contributed by atoms with Crippen LogP contribution in [0.3, 0.4) is 0 Å². The van der Waals surface area contributed by atoms with E-state index in [0.29, 0.717) is 24.9 Å². The lowest BCUT2D eigenvalue weighted by molar-refractivity contribution is 0.102. The Morgan fingerprint density at radius 1 is 1.53 bits per heavy atom. The van der Waals surface area contributed by atoms with Crippen LogP contribution in [-0.4, -0.2) is 36.9 Å². The predicted molar refractivity (Wildman–Crippen MR) is 66.5 cm³/mol. The average molecular weight is 259 g/mol. The van der Waals surface area contributed by atoms with E-state index in [2.05, 4.69) is 20.4 Å². The van der Waals surface area contributed by atoms with Gasteiger partial charge < -0.3 is 5.11 Å². The van der Waals surface area contributed by atoms with Gasteiger partial charge in [-0.25, -0.2) is 4.68 Å². The molecule has 7 heteroatoms. The van der Waals surface area contributed by atoms with Crippen molar-refractivity contribution in [3.8, 4) is 0 Å². The molecule has 1 atom stereocenters. The van der Waals surface area contributed by atoms with Crippen molar-refractivity contribution < 1.29 is 9.90 Å². The molecular weight excluding hydrogens is 246 g/mol. The van der Waals surface area contributed by atoms with Gasteiger partial charge in [0.15, 0.2) is 0 Å². The first-order valence-corrected chi connectivity index (χ1v) is 6.05. The van der Waals surface area contributed by atoms with Gasteiger partial charge in [-0.05, 0) is 18.6 Å². The first-order valence-electron chi connectivity index (χ1n) is 6.05. The Balaban J connectivity index is 1.76. The molecular formula is C12H13N5O2. The summed E-state index contributed by atoms with van der Waals surface area (Å²) >= 11 is 0. The lowest BCUT2D eigenvalue weighted by atomic mass is 10.1. The number of nitrogens with one attached hydrogen (secondary N) is 1. The number of fused-ring (bicyclic) bond motifs is 1. The zero-order valence-corrected chi connectivity index (χ0v) is 10.2. The highest BCUT2D eigenvalue weighted by atomic mass is 16.3. The van der Waals surface area contributed by atoms with Gasteiger partial charge in [-0.1, -0.05) is 0 Å². The molecule has 2 aromatic rings. The third-order valence-electron chi connectivity index (χ3n) is 2.98. The van der Waals surface area contributed by atoms with Crippen LogP contribution in [-0.2, 0) is 13.0 Å². The second-order valence-electron chi connectivity index (χ2n) is 4.42. The van der Waals surface area contributed by atoms with E-state index in [0.717, 1.165) is 5.82 Å². The molecule has 0 spiro atoms. The minimum Gasteiger partial charge on any atom is -0.391 e. The minimum atomic E-state index is -0.393. The topological polar surface area (TPSA) is 92.9 Å². The number of carbonyl (C=O) groups excluding carboxylic acids is 1. The standard InChI is InChI=1S/C12H13N5O2/c18-9-3-4-10-14-12(16-17(10)7-9)15-11(19)8-2-1-5-13-6-8/h1-2,5-6,9,18H,3-4,7H2,(H,15,16,19). The van der Waals surface area contributed by atoms with E-state index < -0.39 is 6.10 Å². The largest absolute Gasteiger partial charge is 0.391 e. The molecule has 0 fully saturated rings. The normalized spacial score (nSPS) is 17.8. The molecule has 3 rings (SSSR count). The Bertz CT molecular complexity index is 595. The molecule has 0 radical (unpaired) electrons. The lowest BCUT2D eigenvalue weighted by Crippen LogP contribution is -2.25. The van der Waals surface area contributed by atoms with Crippen LogP contribution in [0.2, 0.25) is 0 Å². The maximum atomic E-state index is 11.9. The number of aromatic nitrogens is 4. The van der Waals surface area contributed by atoms with Crippen molar-refractivity contribution in [3.63, 3.8) is 0 Å². The van der Waals surface area contributed by atoms with E-state index in [1.807, 2.05) is 0 Å². The van der Waals surface area contributed by atoms with Gasteiger partial charge in [0.05, 0.1) is 18.2 Å². The summed E-state index contributed by atoms with van der Waals surface area (Å²) in [6.45, 7) is 0.422. The van der Waals surface area contributed by atoms with Crippen molar-refractivity contribution >= 4 is 11.9 Å². The summed E-state index contributed by atoms with van der Waals surface area (Å²) in [4.78, 5) is 20.0. The molecule has 2 N–H and O–H groups in total. The molecule has 0 aromatic carbocycles. The number of amides is 1. The first kappa shape index (κ1) is 11.8. The molecule has 2 aromatic heterocycles. The lowest BCUT2D eigenvalue weighted by Gasteiger charge is -2.16. The quantitative estimate of drug-likeness (QED) is 0.805. The summed E-state index contributed by atoms with van der Waals surface area (Å²) in [6, 6.07) is 3.36. The van der Waals surface area contributed by atoms with Crippen LogP contribution in [0.25, 0.3) is 0 Å². The van der Waals surface area contributed by atoms with Crippen molar-refractivity contribution in [1.82, 2.24) is 19.7 Å². The second-order valence-corrected chi connectivity index (χ2v) is 4.42. The first-order chi connectivity index (χ1) is 9.22. The molecule has 3 heterocycles. The van der Waals surface area contributed by atoms with Crippen LogP contribution in [0.1, 0.15) is 22.6 Å². The molecule has 0 bridgehead atoms. The molecule has 1 unspecified atom stereocenters. The van der Waals surface area contributed by atoms with Gasteiger partial charge in [0.25, 0.3) is 5.91 Å². The van der Waals surface area contributed by atoms with Gasteiger partial charge in [0, 0.05) is 18.8 Å². The van der Waals surface area contributed by atoms with Gasteiger partial charge >= 0.3 is 0 Å². The molecule has 0 aliphatic carbocycles. The van der Waals surface area contributed by atoms with Gasteiger partial charge in [0.1, 0.15) is 5.82 Å². The Morgan fingerprint density at radius 3 is 3.21 bits per heavy atom. The fraction of sp³-hybridized carbons (Fsp3) is 0.333. The SMILES string of the molecule is O=C(Nc1nc2n(n1)CC(O)CC2)c1cccnc1. The van der Waals surface area contributed by atoms with Gasteiger partial charge in [-0.2, -0.15) is 4.98 Å². The van der Waals surface area contributed by atoms with Crippen LogP contribution >= 0.6 is 0 Å². The summed E-state index contributed by atoms with van der Waals surface area (Å²) in [5.74, 6) is 0.751. The number of hydrogen-bond donors (Lipinski definition) is 2. The van der Waals surface area contributed by atoms with Crippen LogP contribution in [0.15, 0.2) is 24.5 Å². The summed E-state index contributed by atoms with van der Waals surface area (Å²) in [7, 11) is 0. The number of aliphatic hydroxyl groups excluding tert-OH is 1. The van der Waals surface area contributed by atoms with Crippen LogP contribution < -0.4 is 5.32 Å². The van der Waals surface area contributed by atoms with E-state index in [9.17, 15) is 9.90 Å². The molecule has 19 heavy (non-hydrogen) atoms. The summed E-state index contributed by atoms with van der Waals surface area (Å²) in [5, 5.41) is 16.3. The maximum absolute atomic E-state index is 11.9. The van der Waals surface area contributed by atoms with Crippen LogP contribution in [0.5, 0.6) is 0 Å². The molecule has 1 aliphatic rings. The number of carbonyl (C=O) groups is 1. The average Bonchev–Trinajstić information content (AvgIpc) is 2.81. The van der Waals surface area contributed by atoms with E-state index >= 15 is 0 Å². The minimum absolute atomic E-state index is 0.262. The number of nitrogens with zero attached hydrogens (tertiary/aromatic N) is 4. The Morgan fingerprint density at radius 2 is 2.42 bits per heavy atom. The Labute approximate surface area is 109 Å². The number of rotatable bonds is 2. The fourth-order valence-electron chi connectivity index (χ4n) is 2.02. The molecule has 1 aliphatic heterocycles. The predicted octanol–water partition coefficient (Wildman–Crippen LogP) is 0.232. The third kappa shape index (κ3) is 2.45. The zero-order chi connectivity index (χ0) is 13.2. The smallest absolute Gasteiger partial charge is 0.259 e. The molecule has 0 saturated carbocycles. The zero-order valence-electron chi connectivity index (χ0n) is 10.2. The molecule has 1 amide bonds. The Hall–Kier alpha value is -2.28. The monoisotopic (exact) mass is 259 g/mol. The highest BCUT2D eigenvalue weighted by Crippen LogP contribution is 2.15. The molecule has 0 saturated heterocycles. The number of aryl methyl sites for hydroxylation is 1. The van der Waals surface area contributed by atoms with Gasteiger partial charge in [-0.15, -0.1) is 5.10 Å². The van der Waals surface area contributed by atoms with Gasteiger partial charge in [-0.3, -0.25) is 15.1 Å². The van der Waals surface area contributed by atoms with Crippen molar-refractivity contribution in [2.75, 3.05) is 5.32 Å². The number of hydrogen-bond acceptors (Lipinski definition) is 5. The van der Waals surface area contributed by atoms with E-state index in [1.54, 1.807) is 23.0 Å². The molecule has 98 valence electrons. The van der Waals surface area contributed by atoms with Crippen molar-refractivity contribution in [1.29, 1.82) is 0 Å². The van der Waals surface area contributed by atoms with Crippen LogP contribution in [0.4, 0.5) is 5.95 Å². The number of anilines is 1. The van der Waals surface area contributed by atoms with Crippen molar-refractivity contribution in [2.24, 2.45) is 0 Å². The van der Waals surface area contributed by atoms with E-state index in [4.69, 9.17) is 0 Å².